The van der Waals surface area contributed by atoms with Crippen molar-refractivity contribution in [3.63, 3.8) is 0 Å². The fraction of sp³-hybridized carbons (Fsp3) is 0.500. The van der Waals surface area contributed by atoms with E-state index in [0.29, 0.717) is 19.0 Å². The van der Waals surface area contributed by atoms with Gasteiger partial charge in [0, 0.05) is 28.2 Å². The van der Waals surface area contributed by atoms with Crippen LogP contribution in [-0.4, -0.2) is 50.9 Å². The minimum Gasteiger partial charge on any atom is -0.386 e. The van der Waals surface area contributed by atoms with Gasteiger partial charge in [-0.15, -0.1) is 35.3 Å². The molecule has 0 aliphatic rings. The highest BCUT2D eigenvalue weighted by atomic mass is 127. The summed E-state index contributed by atoms with van der Waals surface area (Å²) in [5.41, 5.74) is -0.708. The van der Waals surface area contributed by atoms with Crippen molar-refractivity contribution in [2.75, 3.05) is 25.9 Å². The highest BCUT2D eigenvalue weighted by Gasteiger charge is 2.22. The van der Waals surface area contributed by atoms with Crippen LogP contribution >= 0.6 is 35.3 Å². The monoisotopic (exact) mass is 540 g/mol. The van der Waals surface area contributed by atoms with Gasteiger partial charge >= 0.3 is 0 Å². The Bertz CT molecular complexity index is 864. The number of hydrogen-bond acceptors (Lipinski definition) is 5. The van der Waals surface area contributed by atoms with Crippen LogP contribution in [0, 0.1) is 0 Å². The molecule has 0 amide bonds. The number of fused-ring (bicyclic) bond motifs is 1. The number of aliphatic imine (C=N–C) groups is 1. The van der Waals surface area contributed by atoms with Crippen LogP contribution in [0.4, 0.5) is 0 Å². The summed E-state index contributed by atoms with van der Waals surface area (Å²) in [4.78, 5) is 5.33. The Morgan fingerprint density at radius 3 is 2.57 bits per heavy atom. The molecule has 158 valence electrons. The predicted molar refractivity (Wildman–Crippen MR) is 128 cm³/mol. The van der Waals surface area contributed by atoms with Gasteiger partial charge < -0.3 is 15.7 Å². The second-order valence-electron chi connectivity index (χ2n) is 7.04. The fourth-order valence-corrected chi connectivity index (χ4v) is 4.73. The van der Waals surface area contributed by atoms with Gasteiger partial charge in [0.05, 0.1) is 12.8 Å². The molecule has 0 fully saturated rings. The number of hydrogen-bond donors (Lipinski definition) is 4. The quantitative estimate of drug-likeness (QED) is 0.234. The Kier molecular flexibility index (Phi) is 9.60. The van der Waals surface area contributed by atoms with Crippen LogP contribution in [0.15, 0.2) is 35.3 Å². The minimum absolute atomic E-state index is 0. The van der Waals surface area contributed by atoms with Crippen molar-refractivity contribution < 1.29 is 13.5 Å². The summed E-state index contributed by atoms with van der Waals surface area (Å²) in [6, 6.07) is 10.0. The first-order valence-corrected chi connectivity index (χ1v) is 11.5. The lowest BCUT2D eigenvalue weighted by molar-refractivity contribution is 0.184. The number of aliphatic hydroxyl groups excluding tert-OH is 1. The van der Waals surface area contributed by atoms with E-state index < -0.39 is 21.7 Å². The maximum Gasteiger partial charge on any atom is 0.209 e. The highest BCUT2D eigenvalue weighted by molar-refractivity contribution is 14.0. The lowest BCUT2D eigenvalue weighted by atomic mass is 10.1. The van der Waals surface area contributed by atoms with E-state index in [1.807, 2.05) is 37.3 Å². The minimum atomic E-state index is -3.32. The lowest BCUT2D eigenvalue weighted by Gasteiger charge is -2.23. The third-order valence-corrected chi connectivity index (χ3v) is 5.81. The molecular weight excluding hydrogens is 511 g/mol. The lowest BCUT2D eigenvalue weighted by Crippen LogP contribution is -2.47. The number of benzene rings is 1. The van der Waals surface area contributed by atoms with Crippen LogP contribution in [0.2, 0.25) is 0 Å². The van der Waals surface area contributed by atoms with Crippen LogP contribution in [0.5, 0.6) is 0 Å². The first-order chi connectivity index (χ1) is 12.6. The molecule has 1 atom stereocenters. The highest BCUT2D eigenvalue weighted by Crippen LogP contribution is 2.29. The van der Waals surface area contributed by atoms with Gasteiger partial charge in [-0.2, -0.15) is 0 Å². The Morgan fingerprint density at radius 1 is 1.29 bits per heavy atom. The van der Waals surface area contributed by atoms with E-state index in [1.165, 1.54) is 0 Å². The van der Waals surface area contributed by atoms with Crippen LogP contribution in [-0.2, 0) is 10.0 Å². The van der Waals surface area contributed by atoms with Gasteiger partial charge in [-0.25, -0.2) is 13.1 Å². The number of guanidine groups is 1. The van der Waals surface area contributed by atoms with Gasteiger partial charge in [0.25, 0.3) is 0 Å². The van der Waals surface area contributed by atoms with Gasteiger partial charge in [0.15, 0.2) is 5.96 Å². The topological polar surface area (TPSA) is 103 Å². The molecule has 1 aromatic heterocycles. The maximum absolute atomic E-state index is 11.4. The molecule has 2 aromatic rings. The molecule has 0 saturated heterocycles. The van der Waals surface area contributed by atoms with Gasteiger partial charge in [0.1, 0.15) is 6.10 Å². The third-order valence-electron chi connectivity index (χ3n) is 3.67. The molecule has 0 spiro atoms. The number of thiophene rings is 1. The largest absolute Gasteiger partial charge is 0.386 e. The van der Waals surface area contributed by atoms with Gasteiger partial charge in [-0.1, -0.05) is 18.2 Å². The van der Waals surface area contributed by atoms with E-state index >= 15 is 0 Å². The van der Waals surface area contributed by atoms with Crippen LogP contribution in [0.3, 0.4) is 0 Å². The Labute approximate surface area is 188 Å². The molecule has 0 radical (unpaired) electrons. The Morgan fingerprint density at radius 2 is 1.96 bits per heavy atom. The zero-order valence-electron chi connectivity index (χ0n) is 16.5. The van der Waals surface area contributed by atoms with E-state index in [1.54, 1.807) is 25.2 Å². The van der Waals surface area contributed by atoms with Crippen LogP contribution < -0.4 is 15.4 Å². The molecule has 4 N–H and O–H groups in total. The molecule has 0 bridgehead atoms. The van der Waals surface area contributed by atoms with E-state index in [0.717, 1.165) is 21.2 Å². The normalized spacial score (nSPS) is 13.8. The standard InChI is InChI=1S/C18H28N4O3S2.HI/c1-5-19-17(21-12-18(2,3)22-27(4,24)25)20-11-14(23)16-10-13-8-6-7-9-15(13)26-16;/h6-10,14,22-23H,5,11-12H2,1-4H3,(H2,19,20,21);1H. The molecule has 28 heavy (non-hydrogen) atoms. The molecule has 10 heteroatoms. The smallest absolute Gasteiger partial charge is 0.209 e. The molecule has 1 unspecified atom stereocenters. The van der Waals surface area contributed by atoms with Crippen molar-refractivity contribution in [1.29, 1.82) is 0 Å². The predicted octanol–water partition coefficient (Wildman–Crippen LogP) is 2.44. The summed E-state index contributed by atoms with van der Waals surface area (Å²) in [5.74, 6) is 0.529. The fourth-order valence-electron chi connectivity index (χ4n) is 2.61. The van der Waals surface area contributed by atoms with Crippen LogP contribution in [0.1, 0.15) is 31.8 Å². The second kappa shape index (κ2) is 10.7. The van der Waals surface area contributed by atoms with E-state index in [4.69, 9.17) is 0 Å². The van der Waals surface area contributed by atoms with Gasteiger partial charge in [-0.3, -0.25) is 4.99 Å². The zero-order valence-corrected chi connectivity index (χ0v) is 20.5. The molecule has 0 saturated carbocycles. The molecule has 1 heterocycles. The number of nitrogens with one attached hydrogen (secondary N) is 3. The van der Waals surface area contributed by atoms with Crippen molar-refractivity contribution in [3.8, 4) is 0 Å². The molecule has 7 nitrogen and oxygen atoms in total. The molecule has 0 aliphatic carbocycles. The maximum atomic E-state index is 11.4. The third kappa shape index (κ3) is 8.19. The van der Waals surface area contributed by atoms with Crippen molar-refractivity contribution in [2.24, 2.45) is 4.99 Å². The van der Waals surface area contributed by atoms with Crippen molar-refractivity contribution >= 4 is 61.4 Å². The molecule has 2 rings (SSSR count). The Balaban J connectivity index is 0.00000392. The summed E-state index contributed by atoms with van der Waals surface area (Å²) in [6.07, 6.45) is 0.469. The van der Waals surface area contributed by atoms with E-state index in [-0.39, 0.29) is 30.5 Å². The van der Waals surface area contributed by atoms with Crippen molar-refractivity contribution in [3.05, 3.63) is 35.2 Å². The number of nitrogens with zero attached hydrogens (tertiary/aromatic N) is 1. The van der Waals surface area contributed by atoms with Crippen molar-refractivity contribution in [2.45, 2.75) is 32.4 Å². The molecule has 0 aliphatic heterocycles. The second-order valence-corrected chi connectivity index (χ2v) is 9.90. The molecular formula is C18H29IN4O3S2. The molecule has 1 aromatic carbocycles. The summed E-state index contributed by atoms with van der Waals surface area (Å²) in [6.45, 7) is 6.71. The summed E-state index contributed by atoms with van der Waals surface area (Å²) in [7, 11) is -3.32. The number of sulfonamides is 1. The van der Waals surface area contributed by atoms with Gasteiger partial charge in [-0.05, 0) is 38.3 Å². The number of halogens is 1. The first-order valence-electron chi connectivity index (χ1n) is 8.77. The van der Waals surface area contributed by atoms with E-state index in [9.17, 15) is 13.5 Å². The van der Waals surface area contributed by atoms with E-state index in [2.05, 4.69) is 20.3 Å². The van der Waals surface area contributed by atoms with Crippen molar-refractivity contribution in [1.82, 2.24) is 15.4 Å². The summed E-state index contributed by atoms with van der Waals surface area (Å²) >= 11 is 1.57. The summed E-state index contributed by atoms with van der Waals surface area (Å²) < 4.78 is 26.6. The SMILES string of the molecule is CCNC(=NCC(C)(C)NS(C)(=O)=O)NCC(O)c1cc2ccccc2s1.I. The average molecular weight is 540 g/mol. The first kappa shape index (κ1) is 25.1. The zero-order chi connectivity index (χ0) is 20.1. The summed E-state index contributed by atoms with van der Waals surface area (Å²) in [5, 5.41) is 17.8. The number of rotatable bonds is 8. The van der Waals surface area contributed by atoms with Crippen LogP contribution in [0.25, 0.3) is 10.1 Å². The number of aliphatic hydroxyl groups is 1. The Hall–Kier alpha value is -0.950. The van der Waals surface area contributed by atoms with Gasteiger partial charge in [0.2, 0.25) is 10.0 Å². The average Bonchev–Trinajstić information content (AvgIpc) is 2.99.